The van der Waals surface area contributed by atoms with Gasteiger partial charge in [-0.25, -0.2) is 0 Å². The van der Waals surface area contributed by atoms with E-state index in [1.54, 1.807) is 0 Å². The number of nitrogens with zero attached hydrogens (tertiary/aromatic N) is 3. The van der Waals surface area contributed by atoms with E-state index in [2.05, 4.69) is 23.1 Å². The molecule has 1 fully saturated rings. The van der Waals surface area contributed by atoms with E-state index in [1.165, 1.54) is 19.3 Å². The normalized spacial score (nSPS) is 15.2. The van der Waals surface area contributed by atoms with Gasteiger partial charge < -0.3 is 9.47 Å². The lowest BCUT2D eigenvalue weighted by molar-refractivity contribution is 0.577. The summed E-state index contributed by atoms with van der Waals surface area (Å²) >= 11 is 0. The third-order valence-corrected chi connectivity index (χ3v) is 3.70. The van der Waals surface area contributed by atoms with Crippen molar-refractivity contribution in [1.29, 1.82) is 5.26 Å². The molecule has 0 unspecified atom stereocenters. The molecule has 19 heavy (non-hydrogen) atoms. The van der Waals surface area contributed by atoms with E-state index in [9.17, 15) is 5.26 Å². The highest BCUT2D eigenvalue weighted by Crippen LogP contribution is 2.26. The van der Waals surface area contributed by atoms with Gasteiger partial charge in [0, 0.05) is 31.2 Å². The van der Waals surface area contributed by atoms with Crippen LogP contribution in [0.4, 0.5) is 5.69 Å². The summed E-state index contributed by atoms with van der Waals surface area (Å²) in [5, 5.41) is 9.39. The molecule has 0 bridgehead atoms. The molecule has 0 saturated carbocycles. The van der Waals surface area contributed by atoms with Crippen molar-refractivity contribution in [3.63, 3.8) is 0 Å². The highest BCUT2D eigenvalue weighted by atomic mass is 15.1. The number of hydrogen-bond acceptors (Lipinski definition) is 2. The number of benzene rings is 1. The second kappa shape index (κ2) is 5.19. The number of aromatic nitrogens is 1. The standard InChI is InChI=1S/C16H17N3/c17-13-14-12-15(18-8-4-5-9-18)6-7-16(14)19-10-2-1-3-11-19/h4-9,12H,1-3,10-11H2. The maximum Gasteiger partial charge on any atom is 0.101 e. The van der Waals surface area contributed by atoms with Gasteiger partial charge in [0.1, 0.15) is 6.07 Å². The Bertz CT molecular complexity index is 587. The van der Waals surface area contributed by atoms with Crippen molar-refractivity contribution >= 4 is 5.69 Å². The van der Waals surface area contributed by atoms with E-state index in [4.69, 9.17) is 0 Å². The lowest BCUT2D eigenvalue weighted by atomic mass is 10.1. The third kappa shape index (κ3) is 2.34. The van der Waals surface area contributed by atoms with Crippen LogP contribution in [0.25, 0.3) is 5.69 Å². The quantitative estimate of drug-likeness (QED) is 0.820. The van der Waals surface area contributed by atoms with Gasteiger partial charge in [0.15, 0.2) is 0 Å². The van der Waals surface area contributed by atoms with Gasteiger partial charge in [-0.2, -0.15) is 5.26 Å². The summed E-state index contributed by atoms with van der Waals surface area (Å²) in [6.45, 7) is 2.13. The molecular formula is C16H17N3. The molecule has 3 heteroatoms. The molecule has 2 heterocycles. The molecular weight excluding hydrogens is 234 g/mol. The molecule has 2 aromatic rings. The van der Waals surface area contributed by atoms with Crippen molar-refractivity contribution < 1.29 is 0 Å². The molecule has 1 saturated heterocycles. The first-order chi connectivity index (χ1) is 9.38. The van der Waals surface area contributed by atoms with Crippen LogP contribution in [-0.4, -0.2) is 17.7 Å². The van der Waals surface area contributed by atoms with Crippen LogP contribution < -0.4 is 4.90 Å². The van der Waals surface area contributed by atoms with Crippen LogP contribution in [0.15, 0.2) is 42.7 Å². The predicted octanol–water partition coefficient (Wildman–Crippen LogP) is 3.34. The third-order valence-electron chi connectivity index (χ3n) is 3.70. The number of piperidine rings is 1. The molecule has 1 aliphatic rings. The van der Waals surface area contributed by atoms with Crippen LogP contribution in [0.1, 0.15) is 24.8 Å². The molecule has 3 nitrogen and oxygen atoms in total. The largest absolute Gasteiger partial charge is 0.370 e. The van der Waals surface area contributed by atoms with E-state index < -0.39 is 0 Å². The zero-order valence-electron chi connectivity index (χ0n) is 10.9. The Morgan fingerprint density at radius 1 is 1.00 bits per heavy atom. The zero-order chi connectivity index (χ0) is 13.1. The Balaban J connectivity index is 1.96. The summed E-state index contributed by atoms with van der Waals surface area (Å²) in [5.41, 5.74) is 2.90. The van der Waals surface area contributed by atoms with Crippen molar-refractivity contribution in [2.45, 2.75) is 19.3 Å². The van der Waals surface area contributed by atoms with Gasteiger partial charge in [0.2, 0.25) is 0 Å². The monoisotopic (exact) mass is 251 g/mol. The van der Waals surface area contributed by atoms with Crippen LogP contribution in [0.2, 0.25) is 0 Å². The molecule has 0 radical (unpaired) electrons. The topological polar surface area (TPSA) is 32.0 Å². The summed E-state index contributed by atoms with van der Waals surface area (Å²) in [5.74, 6) is 0. The second-order valence-electron chi connectivity index (χ2n) is 4.95. The Hall–Kier alpha value is -2.21. The van der Waals surface area contributed by atoms with Crippen molar-refractivity contribution in [3.05, 3.63) is 48.3 Å². The van der Waals surface area contributed by atoms with Crippen LogP contribution in [-0.2, 0) is 0 Å². The van der Waals surface area contributed by atoms with Crippen molar-refractivity contribution in [2.24, 2.45) is 0 Å². The molecule has 1 aromatic carbocycles. The first-order valence-electron chi connectivity index (χ1n) is 6.81. The Kier molecular flexibility index (Phi) is 3.24. The van der Waals surface area contributed by atoms with Gasteiger partial charge in [-0.05, 0) is 49.6 Å². The minimum Gasteiger partial charge on any atom is -0.370 e. The minimum atomic E-state index is 0.771. The lowest BCUT2D eigenvalue weighted by Gasteiger charge is -2.29. The molecule has 0 atom stereocenters. The van der Waals surface area contributed by atoms with Gasteiger partial charge in [0.25, 0.3) is 0 Å². The molecule has 0 aliphatic carbocycles. The van der Waals surface area contributed by atoms with Crippen LogP contribution >= 0.6 is 0 Å². The Morgan fingerprint density at radius 2 is 1.74 bits per heavy atom. The second-order valence-corrected chi connectivity index (χ2v) is 4.95. The molecule has 96 valence electrons. The fourth-order valence-electron chi connectivity index (χ4n) is 2.69. The molecule has 0 N–H and O–H groups in total. The van der Waals surface area contributed by atoms with Gasteiger partial charge in [0.05, 0.1) is 11.3 Å². The van der Waals surface area contributed by atoms with E-state index >= 15 is 0 Å². The average Bonchev–Trinajstić information content (AvgIpc) is 3.02. The molecule has 0 amide bonds. The first kappa shape index (κ1) is 11.9. The van der Waals surface area contributed by atoms with Crippen molar-refractivity contribution in [3.8, 4) is 11.8 Å². The lowest BCUT2D eigenvalue weighted by Crippen LogP contribution is -2.30. The Labute approximate surface area is 113 Å². The van der Waals surface area contributed by atoms with E-state index in [0.717, 1.165) is 30.0 Å². The SMILES string of the molecule is N#Cc1cc(-n2cccc2)ccc1N1CCCCC1. The smallest absolute Gasteiger partial charge is 0.101 e. The van der Waals surface area contributed by atoms with E-state index in [1.807, 2.05) is 35.2 Å². The fourth-order valence-corrected chi connectivity index (χ4v) is 2.69. The van der Waals surface area contributed by atoms with E-state index in [-0.39, 0.29) is 0 Å². The maximum atomic E-state index is 9.39. The van der Waals surface area contributed by atoms with E-state index in [0.29, 0.717) is 0 Å². The average molecular weight is 251 g/mol. The van der Waals surface area contributed by atoms with Crippen molar-refractivity contribution in [2.75, 3.05) is 18.0 Å². The van der Waals surface area contributed by atoms with Crippen LogP contribution in [0.3, 0.4) is 0 Å². The summed E-state index contributed by atoms with van der Waals surface area (Å²) in [4.78, 5) is 2.33. The fraction of sp³-hybridized carbons (Fsp3) is 0.312. The van der Waals surface area contributed by atoms with Gasteiger partial charge in [-0.15, -0.1) is 0 Å². The predicted molar refractivity (Wildman–Crippen MR) is 76.5 cm³/mol. The summed E-state index contributed by atoms with van der Waals surface area (Å²) in [6, 6.07) is 12.5. The highest BCUT2D eigenvalue weighted by molar-refractivity contribution is 5.63. The summed E-state index contributed by atoms with van der Waals surface area (Å²) in [7, 11) is 0. The first-order valence-corrected chi connectivity index (χ1v) is 6.81. The zero-order valence-corrected chi connectivity index (χ0v) is 10.9. The minimum absolute atomic E-state index is 0.771. The molecule has 1 aliphatic heterocycles. The van der Waals surface area contributed by atoms with Gasteiger partial charge in [-0.1, -0.05) is 0 Å². The van der Waals surface area contributed by atoms with Gasteiger partial charge >= 0.3 is 0 Å². The molecule has 1 aromatic heterocycles. The van der Waals surface area contributed by atoms with Gasteiger partial charge in [-0.3, -0.25) is 0 Å². The number of hydrogen-bond donors (Lipinski definition) is 0. The molecule has 3 rings (SSSR count). The number of rotatable bonds is 2. The summed E-state index contributed by atoms with van der Waals surface area (Å²) < 4.78 is 2.03. The van der Waals surface area contributed by atoms with Crippen molar-refractivity contribution in [1.82, 2.24) is 4.57 Å². The maximum absolute atomic E-state index is 9.39. The highest BCUT2D eigenvalue weighted by Gasteiger charge is 2.14. The number of nitriles is 1. The molecule has 0 spiro atoms. The number of anilines is 1. The summed E-state index contributed by atoms with van der Waals surface area (Å²) in [6.07, 6.45) is 7.75. The van der Waals surface area contributed by atoms with Crippen LogP contribution in [0.5, 0.6) is 0 Å². The Morgan fingerprint density at radius 3 is 2.42 bits per heavy atom. The van der Waals surface area contributed by atoms with Crippen LogP contribution in [0, 0.1) is 11.3 Å².